The van der Waals surface area contributed by atoms with Gasteiger partial charge in [0, 0.05) is 19.8 Å². The van der Waals surface area contributed by atoms with Gasteiger partial charge in [0.15, 0.2) is 6.29 Å². The number of carbonyl (C=O) groups excluding carboxylic acids is 2. The van der Waals surface area contributed by atoms with Crippen molar-refractivity contribution in [3.8, 4) is 0 Å². The maximum Gasteiger partial charge on any atom is 0.213 e. The minimum Gasteiger partial charge on any atom is -0.372 e. The van der Waals surface area contributed by atoms with Crippen LogP contribution in [-0.4, -0.2) is 55.5 Å². The van der Waals surface area contributed by atoms with Crippen molar-refractivity contribution in [2.24, 2.45) is 0 Å². The van der Waals surface area contributed by atoms with Crippen molar-refractivity contribution in [1.82, 2.24) is 10.2 Å². The highest BCUT2D eigenvalue weighted by molar-refractivity contribution is 6.27. The normalized spacial score (nSPS) is 33.2. The van der Waals surface area contributed by atoms with E-state index in [0.29, 0.717) is 25.6 Å². The fourth-order valence-corrected chi connectivity index (χ4v) is 1.50. The molecule has 0 aromatic carbocycles. The van der Waals surface area contributed by atoms with E-state index in [2.05, 4.69) is 10.2 Å². The predicted octanol–water partition coefficient (Wildman–Crippen LogP) is -1.62. The monoisotopic (exact) mass is 184 g/mol. The zero-order valence-corrected chi connectivity index (χ0v) is 7.23. The summed E-state index contributed by atoms with van der Waals surface area (Å²) in [6.45, 7) is 2.97. The molecule has 0 aromatic heterocycles. The van der Waals surface area contributed by atoms with E-state index in [1.807, 2.05) is 0 Å². The minimum atomic E-state index is -0.362. The SMILES string of the molecule is O=CC(=O)C1CN(CC2CO2)CN1. The summed E-state index contributed by atoms with van der Waals surface area (Å²) in [6, 6.07) is -0.309. The van der Waals surface area contributed by atoms with Crippen LogP contribution in [-0.2, 0) is 14.3 Å². The van der Waals surface area contributed by atoms with Crippen LogP contribution in [0.3, 0.4) is 0 Å². The average molecular weight is 184 g/mol. The van der Waals surface area contributed by atoms with Gasteiger partial charge in [0.1, 0.15) is 0 Å². The number of hydrogen-bond acceptors (Lipinski definition) is 5. The van der Waals surface area contributed by atoms with Crippen LogP contribution in [0.2, 0.25) is 0 Å². The number of nitrogens with zero attached hydrogens (tertiary/aromatic N) is 1. The van der Waals surface area contributed by atoms with Crippen molar-refractivity contribution in [3.63, 3.8) is 0 Å². The molecular formula is C8H12N2O3. The molecule has 0 amide bonds. The lowest BCUT2D eigenvalue weighted by Gasteiger charge is -2.10. The second kappa shape index (κ2) is 3.53. The van der Waals surface area contributed by atoms with Gasteiger partial charge in [-0.3, -0.25) is 19.8 Å². The number of hydrogen-bond donors (Lipinski definition) is 1. The molecule has 2 fully saturated rings. The Balaban J connectivity index is 1.78. The molecule has 0 saturated carbocycles. The van der Waals surface area contributed by atoms with E-state index in [1.54, 1.807) is 0 Å². The second-order valence-electron chi connectivity index (χ2n) is 3.43. The average Bonchev–Trinajstić information content (AvgIpc) is 2.81. The maximum absolute atomic E-state index is 11.0. The molecule has 2 aliphatic heterocycles. The summed E-state index contributed by atoms with van der Waals surface area (Å²) < 4.78 is 5.07. The number of nitrogens with one attached hydrogen (secondary N) is 1. The van der Waals surface area contributed by atoms with E-state index in [9.17, 15) is 9.59 Å². The molecule has 0 bridgehead atoms. The molecule has 0 aromatic rings. The van der Waals surface area contributed by atoms with Crippen molar-refractivity contribution < 1.29 is 14.3 Å². The molecule has 13 heavy (non-hydrogen) atoms. The molecule has 2 rings (SSSR count). The van der Waals surface area contributed by atoms with Crippen LogP contribution >= 0.6 is 0 Å². The Morgan fingerprint density at radius 3 is 3.08 bits per heavy atom. The zero-order chi connectivity index (χ0) is 9.26. The summed E-state index contributed by atoms with van der Waals surface area (Å²) in [5.74, 6) is -0.362. The van der Waals surface area contributed by atoms with E-state index < -0.39 is 0 Å². The molecule has 2 heterocycles. The van der Waals surface area contributed by atoms with Gasteiger partial charge >= 0.3 is 0 Å². The smallest absolute Gasteiger partial charge is 0.213 e. The fraction of sp³-hybridized carbons (Fsp3) is 0.750. The van der Waals surface area contributed by atoms with Crippen LogP contribution < -0.4 is 5.32 Å². The van der Waals surface area contributed by atoms with Gasteiger partial charge in [0.2, 0.25) is 5.78 Å². The highest BCUT2D eigenvalue weighted by atomic mass is 16.6. The lowest BCUT2D eigenvalue weighted by molar-refractivity contribution is -0.130. The lowest BCUT2D eigenvalue weighted by atomic mass is 10.2. The second-order valence-corrected chi connectivity index (χ2v) is 3.43. The summed E-state index contributed by atoms with van der Waals surface area (Å²) in [4.78, 5) is 23.3. The van der Waals surface area contributed by atoms with Gasteiger partial charge in [-0.05, 0) is 0 Å². The summed E-state index contributed by atoms with van der Waals surface area (Å²) in [5.41, 5.74) is 0. The largest absolute Gasteiger partial charge is 0.372 e. The standard InChI is InChI=1S/C8H12N2O3/c11-3-8(12)7-2-10(5-9-7)1-6-4-13-6/h3,6-7,9H,1-2,4-5H2. The summed E-state index contributed by atoms with van der Waals surface area (Å²) in [7, 11) is 0. The Hall–Kier alpha value is -0.780. The summed E-state index contributed by atoms with van der Waals surface area (Å²) in [6.07, 6.45) is 0.723. The number of carbonyl (C=O) groups is 2. The molecule has 0 aliphatic carbocycles. The first-order chi connectivity index (χ1) is 6.29. The first-order valence-corrected chi connectivity index (χ1v) is 4.36. The number of rotatable bonds is 4. The summed E-state index contributed by atoms with van der Waals surface area (Å²) >= 11 is 0. The highest BCUT2D eigenvalue weighted by Gasteiger charge is 2.32. The molecule has 2 unspecified atom stereocenters. The van der Waals surface area contributed by atoms with Crippen LogP contribution in [0.1, 0.15) is 0 Å². The van der Waals surface area contributed by atoms with Crippen molar-refractivity contribution in [1.29, 1.82) is 0 Å². The van der Waals surface area contributed by atoms with Gasteiger partial charge in [0.25, 0.3) is 0 Å². The Kier molecular flexibility index (Phi) is 2.39. The first-order valence-electron chi connectivity index (χ1n) is 4.36. The first kappa shape index (κ1) is 8.80. The van der Waals surface area contributed by atoms with Crippen molar-refractivity contribution in [3.05, 3.63) is 0 Å². The predicted molar refractivity (Wildman–Crippen MR) is 44.2 cm³/mol. The van der Waals surface area contributed by atoms with Gasteiger partial charge in [-0.1, -0.05) is 0 Å². The van der Waals surface area contributed by atoms with Gasteiger partial charge in [-0.15, -0.1) is 0 Å². The van der Waals surface area contributed by atoms with Crippen LogP contribution in [0, 0.1) is 0 Å². The third-order valence-corrected chi connectivity index (χ3v) is 2.33. The van der Waals surface area contributed by atoms with Gasteiger partial charge in [0.05, 0.1) is 18.8 Å². The van der Waals surface area contributed by atoms with E-state index in [1.165, 1.54) is 0 Å². The number of ketones is 1. The summed E-state index contributed by atoms with van der Waals surface area (Å²) in [5, 5.41) is 2.98. The molecule has 1 N–H and O–H groups in total. The minimum absolute atomic E-state index is 0.309. The van der Waals surface area contributed by atoms with Crippen molar-refractivity contribution in [2.75, 3.05) is 26.4 Å². The third-order valence-electron chi connectivity index (χ3n) is 2.33. The molecule has 2 saturated heterocycles. The number of aldehydes is 1. The molecule has 5 heteroatoms. The van der Waals surface area contributed by atoms with Crippen molar-refractivity contribution >= 4 is 12.1 Å². The van der Waals surface area contributed by atoms with E-state index >= 15 is 0 Å². The van der Waals surface area contributed by atoms with Crippen molar-refractivity contribution in [2.45, 2.75) is 12.1 Å². The maximum atomic E-state index is 11.0. The number of Topliss-reactive ketones (excluding diaryl/α,β-unsaturated/α-hetero) is 1. The van der Waals surface area contributed by atoms with Crippen LogP contribution in [0.25, 0.3) is 0 Å². The molecule has 2 atom stereocenters. The number of epoxide rings is 1. The number of ether oxygens (including phenoxy) is 1. The Morgan fingerprint density at radius 2 is 2.46 bits per heavy atom. The molecule has 5 nitrogen and oxygen atoms in total. The van der Waals surface area contributed by atoms with E-state index in [0.717, 1.165) is 13.2 Å². The van der Waals surface area contributed by atoms with Gasteiger partial charge in [-0.25, -0.2) is 0 Å². The molecule has 0 spiro atoms. The van der Waals surface area contributed by atoms with E-state index in [-0.39, 0.29) is 11.8 Å². The topological polar surface area (TPSA) is 61.9 Å². The Morgan fingerprint density at radius 1 is 1.69 bits per heavy atom. The van der Waals surface area contributed by atoms with Gasteiger partial charge < -0.3 is 4.74 Å². The van der Waals surface area contributed by atoms with Gasteiger partial charge in [-0.2, -0.15) is 0 Å². The fourth-order valence-electron chi connectivity index (χ4n) is 1.50. The Labute approximate surface area is 76.0 Å². The molecule has 72 valence electrons. The zero-order valence-electron chi connectivity index (χ0n) is 7.23. The molecule has 2 aliphatic rings. The lowest BCUT2D eigenvalue weighted by Crippen LogP contribution is -2.34. The van der Waals surface area contributed by atoms with E-state index in [4.69, 9.17) is 4.74 Å². The highest BCUT2D eigenvalue weighted by Crippen LogP contribution is 2.12. The molecular weight excluding hydrogens is 172 g/mol. The van der Waals surface area contributed by atoms with Crippen LogP contribution in [0.4, 0.5) is 0 Å². The Bertz CT molecular complexity index is 227. The third kappa shape index (κ3) is 2.12. The quantitative estimate of drug-likeness (QED) is 0.323. The van der Waals surface area contributed by atoms with Crippen LogP contribution in [0.15, 0.2) is 0 Å². The van der Waals surface area contributed by atoms with Crippen LogP contribution in [0.5, 0.6) is 0 Å². The molecule has 0 radical (unpaired) electrons.